The standard InChI is InChI=1S/C20H19BrN4OS/c1-13(19(26)22-16-11-9-15(21)10-12-16)27-20-24-23-18(14-7-8-14)25(20)17-5-3-2-4-6-17/h2-6,9-14H,7-8H2,1H3,(H,22,26). The maximum atomic E-state index is 12.6. The van der Waals surface area contributed by atoms with Crippen molar-refractivity contribution in [2.24, 2.45) is 0 Å². The molecule has 1 saturated carbocycles. The van der Waals surface area contributed by atoms with Crippen LogP contribution in [0.25, 0.3) is 5.69 Å². The Morgan fingerprint density at radius 3 is 2.52 bits per heavy atom. The number of hydrogen-bond acceptors (Lipinski definition) is 4. The van der Waals surface area contributed by atoms with Crippen LogP contribution in [0.15, 0.2) is 64.2 Å². The molecule has 1 unspecified atom stereocenters. The number of thioether (sulfide) groups is 1. The van der Waals surface area contributed by atoms with E-state index in [0.717, 1.165) is 39.7 Å². The Morgan fingerprint density at radius 1 is 1.15 bits per heavy atom. The van der Waals surface area contributed by atoms with E-state index in [-0.39, 0.29) is 11.2 Å². The van der Waals surface area contributed by atoms with Gasteiger partial charge in [0, 0.05) is 21.8 Å². The highest BCUT2D eigenvalue weighted by molar-refractivity contribution is 9.10. The molecule has 1 N–H and O–H groups in total. The molecular weight excluding hydrogens is 424 g/mol. The average molecular weight is 443 g/mol. The number of amides is 1. The first-order chi connectivity index (χ1) is 13.1. The lowest BCUT2D eigenvalue weighted by Crippen LogP contribution is -2.22. The number of nitrogens with zero attached hydrogens (tertiary/aromatic N) is 3. The quantitative estimate of drug-likeness (QED) is 0.543. The molecule has 3 aromatic rings. The zero-order valence-corrected chi connectivity index (χ0v) is 17.2. The van der Waals surface area contributed by atoms with Crippen LogP contribution in [-0.2, 0) is 4.79 Å². The molecule has 0 spiro atoms. The van der Waals surface area contributed by atoms with Gasteiger partial charge in [-0.3, -0.25) is 9.36 Å². The van der Waals surface area contributed by atoms with Crippen molar-refractivity contribution < 1.29 is 4.79 Å². The Morgan fingerprint density at radius 2 is 1.85 bits per heavy atom. The van der Waals surface area contributed by atoms with Crippen molar-refractivity contribution in [2.45, 2.75) is 36.1 Å². The van der Waals surface area contributed by atoms with Crippen LogP contribution in [0.1, 0.15) is 31.5 Å². The molecule has 4 rings (SSSR count). The summed E-state index contributed by atoms with van der Waals surface area (Å²) in [6.45, 7) is 1.89. The van der Waals surface area contributed by atoms with Gasteiger partial charge < -0.3 is 5.32 Å². The van der Waals surface area contributed by atoms with E-state index in [4.69, 9.17) is 0 Å². The molecule has 5 nitrogen and oxygen atoms in total. The van der Waals surface area contributed by atoms with Gasteiger partial charge in [0.15, 0.2) is 5.16 Å². The lowest BCUT2D eigenvalue weighted by atomic mass is 10.3. The number of carbonyl (C=O) groups excluding carboxylic acids is 1. The monoisotopic (exact) mass is 442 g/mol. The fraction of sp³-hybridized carbons (Fsp3) is 0.250. The topological polar surface area (TPSA) is 59.8 Å². The van der Waals surface area contributed by atoms with Crippen molar-refractivity contribution in [1.82, 2.24) is 14.8 Å². The van der Waals surface area contributed by atoms with Gasteiger partial charge in [-0.15, -0.1) is 10.2 Å². The lowest BCUT2D eigenvalue weighted by Gasteiger charge is -2.14. The molecule has 0 saturated heterocycles. The summed E-state index contributed by atoms with van der Waals surface area (Å²) in [4.78, 5) is 12.6. The second-order valence-corrected chi connectivity index (χ2v) is 8.77. The summed E-state index contributed by atoms with van der Waals surface area (Å²) in [5.74, 6) is 1.40. The Bertz CT molecular complexity index is 938. The average Bonchev–Trinajstić information content (AvgIpc) is 3.45. The SMILES string of the molecule is CC(Sc1nnc(C2CC2)n1-c1ccccc1)C(=O)Nc1ccc(Br)cc1. The Kier molecular flexibility index (Phi) is 5.31. The molecule has 1 aliphatic rings. The third-order valence-electron chi connectivity index (χ3n) is 4.38. The van der Waals surface area contributed by atoms with Gasteiger partial charge in [0.1, 0.15) is 5.82 Å². The van der Waals surface area contributed by atoms with Crippen molar-refractivity contribution in [3.05, 3.63) is 64.9 Å². The molecule has 7 heteroatoms. The van der Waals surface area contributed by atoms with Crippen LogP contribution in [0.4, 0.5) is 5.69 Å². The third kappa shape index (κ3) is 4.25. The molecule has 0 aliphatic heterocycles. The van der Waals surface area contributed by atoms with Crippen molar-refractivity contribution in [3.63, 3.8) is 0 Å². The van der Waals surface area contributed by atoms with Crippen molar-refractivity contribution in [3.8, 4) is 5.69 Å². The maximum absolute atomic E-state index is 12.6. The van der Waals surface area contributed by atoms with Crippen LogP contribution in [0.2, 0.25) is 0 Å². The molecule has 1 fully saturated rings. The number of anilines is 1. The molecule has 0 bridgehead atoms. The van der Waals surface area contributed by atoms with E-state index in [9.17, 15) is 4.79 Å². The van der Waals surface area contributed by atoms with E-state index < -0.39 is 0 Å². The summed E-state index contributed by atoms with van der Waals surface area (Å²) in [6, 6.07) is 17.6. The number of halogens is 1. The van der Waals surface area contributed by atoms with Crippen LogP contribution in [-0.4, -0.2) is 25.9 Å². The number of nitrogens with one attached hydrogen (secondary N) is 1. The smallest absolute Gasteiger partial charge is 0.237 e. The second-order valence-electron chi connectivity index (χ2n) is 6.54. The lowest BCUT2D eigenvalue weighted by molar-refractivity contribution is -0.115. The minimum Gasteiger partial charge on any atom is -0.325 e. The first-order valence-corrected chi connectivity index (χ1v) is 10.5. The molecule has 27 heavy (non-hydrogen) atoms. The highest BCUT2D eigenvalue weighted by atomic mass is 79.9. The number of carbonyl (C=O) groups is 1. The van der Waals surface area contributed by atoms with E-state index >= 15 is 0 Å². The molecule has 1 atom stereocenters. The Balaban J connectivity index is 1.53. The third-order valence-corrected chi connectivity index (χ3v) is 5.95. The summed E-state index contributed by atoms with van der Waals surface area (Å²) in [7, 11) is 0. The van der Waals surface area contributed by atoms with Crippen LogP contribution in [0.5, 0.6) is 0 Å². The molecule has 138 valence electrons. The number of rotatable bonds is 6. The van der Waals surface area contributed by atoms with E-state index in [1.54, 1.807) is 0 Å². The first-order valence-electron chi connectivity index (χ1n) is 8.85. The predicted molar refractivity (Wildman–Crippen MR) is 111 cm³/mol. The van der Waals surface area contributed by atoms with E-state index in [0.29, 0.717) is 5.92 Å². The summed E-state index contributed by atoms with van der Waals surface area (Å²) < 4.78 is 3.07. The fourth-order valence-corrected chi connectivity index (χ4v) is 3.91. The fourth-order valence-electron chi connectivity index (χ4n) is 2.77. The minimum atomic E-state index is -0.299. The van der Waals surface area contributed by atoms with E-state index in [1.165, 1.54) is 11.8 Å². The summed E-state index contributed by atoms with van der Waals surface area (Å²) in [6.07, 6.45) is 2.30. The van der Waals surface area contributed by atoms with Gasteiger partial charge in [0.05, 0.1) is 5.25 Å². The molecular formula is C20H19BrN4OS. The van der Waals surface area contributed by atoms with Gasteiger partial charge in [-0.25, -0.2) is 0 Å². The number of hydrogen-bond donors (Lipinski definition) is 1. The summed E-state index contributed by atoms with van der Waals surface area (Å²) in [5, 5.41) is 12.2. The van der Waals surface area contributed by atoms with Crippen molar-refractivity contribution in [2.75, 3.05) is 5.32 Å². The highest BCUT2D eigenvalue weighted by Crippen LogP contribution is 2.41. The molecule has 2 aromatic carbocycles. The van der Waals surface area contributed by atoms with Gasteiger partial charge in [-0.2, -0.15) is 0 Å². The Hall–Kier alpha value is -2.12. The first kappa shape index (κ1) is 18.3. The predicted octanol–water partition coefficient (Wildman–Crippen LogP) is 5.03. The zero-order valence-electron chi connectivity index (χ0n) is 14.8. The zero-order chi connectivity index (χ0) is 18.8. The second kappa shape index (κ2) is 7.86. The largest absolute Gasteiger partial charge is 0.325 e. The molecule has 1 aromatic heterocycles. The van der Waals surface area contributed by atoms with E-state index in [2.05, 4.69) is 36.0 Å². The van der Waals surface area contributed by atoms with Crippen LogP contribution < -0.4 is 5.32 Å². The molecule has 0 radical (unpaired) electrons. The highest BCUT2D eigenvalue weighted by Gasteiger charge is 2.31. The molecule has 1 amide bonds. The van der Waals surface area contributed by atoms with Gasteiger partial charge in [-0.05, 0) is 56.2 Å². The van der Waals surface area contributed by atoms with Crippen LogP contribution in [0, 0.1) is 0 Å². The number of aromatic nitrogens is 3. The molecule has 1 aliphatic carbocycles. The molecule has 1 heterocycles. The van der Waals surface area contributed by atoms with E-state index in [1.807, 2.05) is 61.5 Å². The van der Waals surface area contributed by atoms with Gasteiger partial charge in [-0.1, -0.05) is 45.9 Å². The minimum absolute atomic E-state index is 0.0575. The summed E-state index contributed by atoms with van der Waals surface area (Å²) in [5.41, 5.74) is 1.81. The summed E-state index contributed by atoms with van der Waals surface area (Å²) >= 11 is 4.83. The van der Waals surface area contributed by atoms with Gasteiger partial charge >= 0.3 is 0 Å². The van der Waals surface area contributed by atoms with Crippen molar-refractivity contribution in [1.29, 1.82) is 0 Å². The maximum Gasteiger partial charge on any atom is 0.237 e. The van der Waals surface area contributed by atoms with Crippen molar-refractivity contribution >= 4 is 39.3 Å². The number of benzene rings is 2. The van der Waals surface area contributed by atoms with Gasteiger partial charge in [0.2, 0.25) is 5.91 Å². The van der Waals surface area contributed by atoms with Gasteiger partial charge in [0.25, 0.3) is 0 Å². The normalized spacial score (nSPS) is 14.7. The van der Waals surface area contributed by atoms with Crippen LogP contribution in [0.3, 0.4) is 0 Å². The number of para-hydroxylation sites is 1. The van der Waals surface area contributed by atoms with Crippen LogP contribution >= 0.6 is 27.7 Å². The Labute approximate surface area is 170 Å².